The predicted octanol–water partition coefficient (Wildman–Crippen LogP) is 13.1. The largest absolute Gasteiger partial charge is 0.449 e. The molecular weight excluding hydrogens is 675 g/mol. The van der Waals surface area contributed by atoms with Crippen molar-refractivity contribution in [1.29, 1.82) is 0 Å². The van der Waals surface area contributed by atoms with Crippen LogP contribution in [0.2, 0.25) is 0 Å². The van der Waals surface area contributed by atoms with Gasteiger partial charge in [-0.15, -0.1) is 0 Å². The van der Waals surface area contributed by atoms with Crippen molar-refractivity contribution in [3.8, 4) is 79.4 Å². The molecular formula is C50H33N3O2. The minimum atomic E-state index is -0.144. The second-order valence-corrected chi connectivity index (χ2v) is 14.8. The molecule has 1 aliphatic heterocycles. The summed E-state index contributed by atoms with van der Waals surface area (Å²) in [6.45, 7) is 4.54. The van der Waals surface area contributed by atoms with E-state index in [2.05, 4.69) is 117 Å². The van der Waals surface area contributed by atoms with Gasteiger partial charge in [0.15, 0.2) is 40.5 Å². The molecule has 0 saturated heterocycles. The third kappa shape index (κ3) is 4.90. The average molecular weight is 708 g/mol. The molecule has 0 bridgehead atoms. The van der Waals surface area contributed by atoms with Gasteiger partial charge in [-0.25, -0.2) is 15.0 Å². The van der Waals surface area contributed by atoms with Gasteiger partial charge in [-0.1, -0.05) is 159 Å². The number of benzene rings is 8. The van der Waals surface area contributed by atoms with Crippen LogP contribution in [0, 0.1) is 0 Å². The van der Waals surface area contributed by atoms with E-state index < -0.39 is 0 Å². The molecule has 8 aromatic carbocycles. The van der Waals surface area contributed by atoms with E-state index in [-0.39, 0.29) is 5.41 Å². The fourth-order valence-electron chi connectivity index (χ4n) is 8.47. The number of para-hydroxylation sites is 1. The van der Waals surface area contributed by atoms with Gasteiger partial charge in [-0.3, -0.25) is 0 Å². The Kier molecular flexibility index (Phi) is 6.83. The number of rotatable bonds is 4. The molecule has 5 heteroatoms. The zero-order chi connectivity index (χ0) is 36.7. The lowest BCUT2D eigenvalue weighted by atomic mass is 9.82. The second kappa shape index (κ2) is 12.0. The number of nitrogens with zero attached hydrogens (tertiary/aromatic N) is 3. The molecule has 0 spiro atoms. The molecule has 0 amide bonds. The van der Waals surface area contributed by atoms with Crippen LogP contribution in [0.5, 0.6) is 23.0 Å². The van der Waals surface area contributed by atoms with Crippen LogP contribution in [-0.2, 0) is 5.41 Å². The van der Waals surface area contributed by atoms with Crippen LogP contribution in [0.1, 0.15) is 25.0 Å². The third-order valence-corrected chi connectivity index (χ3v) is 11.2. The van der Waals surface area contributed by atoms with Gasteiger partial charge in [0, 0.05) is 33.2 Å². The molecule has 2 heterocycles. The number of hydrogen-bond acceptors (Lipinski definition) is 5. The molecule has 0 unspecified atom stereocenters. The van der Waals surface area contributed by atoms with E-state index in [4.69, 9.17) is 24.4 Å². The zero-order valence-electron chi connectivity index (χ0n) is 30.2. The number of fused-ring (bicyclic) bond motifs is 9. The lowest BCUT2D eigenvalue weighted by molar-refractivity contribution is 0.361. The Morgan fingerprint density at radius 1 is 0.400 bits per heavy atom. The van der Waals surface area contributed by atoms with Gasteiger partial charge < -0.3 is 9.47 Å². The molecule has 9 aromatic rings. The summed E-state index contributed by atoms with van der Waals surface area (Å²) in [6.07, 6.45) is 0. The summed E-state index contributed by atoms with van der Waals surface area (Å²) < 4.78 is 13.7. The van der Waals surface area contributed by atoms with Crippen molar-refractivity contribution in [2.75, 3.05) is 0 Å². The van der Waals surface area contributed by atoms with Crippen LogP contribution in [0.15, 0.2) is 164 Å². The Hall–Kier alpha value is -7.11. The summed E-state index contributed by atoms with van der Waals surface area (Å²) >= 11 is 0. The second-order valence-electron chi connectivity index (χ2n) is 14.8. The van der Waals surface area contributed by atoms with Crippen molar-refractivity contribution in [3.63, 3.8) is 0 Å². The molecule has 0 atom stereocenters. The molecule has 0 fully saturated rings. The van der Waals surface area contributed by atoms with E-state index in [0.717, 1.165) is 44.5 Å². The summed E-state index contributed by atoms with van der Waals surface area (Å²) in [7, 11) is 0. The Bertz CT molecular complexity index is 3020. The van der Waals surface area contributed by atoms with Gasteiger partial charge in [-0.2, -0.15) is 0 Å². The molecule has 0 radical (unpaired) electrons. The van der Waals surface area contributed by atoms with E-state index in [1.807, 2.05) is 60.7 Å². The number of hydrogen-bond donors (Lipinski definition) is 0. The lowest BCUT2D eigenvalue weighted by Crippen LogP contribution is -2.15. The van der Waals surface area contributed by atoms with Crippen LogP contribution in [0.4, 0.5) is 0 Å². The van der Waals surface area contributed by atoms with Gasteiger partial charge in [0.25, 0.3) is 0 Å². The van der Waals surface area contributed by atoms with Gasteiger partial charge in [0.2, 0.25) is 0 Å². The SMILES string of the molecule is CC1(C)c2ccccc2-c2c1ccc1c2Oc2cccc(-c3ccccc3-c3nc(-c4ccccc4)nc(-c4ccc5c(ccc6ccccc65)c4)n3)c2O1. The highest BCUT2D eigenvalue weighted by molar-refractivity contribution is 6.08. The van der Waals surface area contributed by atoms with E-state index in [1.165, 1.54) is 32.8 Å². The number of aromatic nitrogens is 3. The fraction of sp³-hybridized carbons (Fsp3) is 0.0600. The Morgan fingerprint density at radius 3 is 1.91 bits per heavy atom. The van der Waals surface area contributed by atoms with Crippen molar-refractivity contribution in [3.05, 3.63) is 175 Å². The molecule has 1 aliphatic carbocycles. The maximum absolute atomic E-state index is 6.84. The Balaban J connectivity index is 1.05. The smallest absolute Gasteiger partial charge is 0.178 e. The maximum atomic E-state index is 6.84. The molecule has 5 nitrogen and oxygen atoms in total. The highest BCUT2D eigenvalue weighted by atomic mass is 16.6. The highest BCUT2D eigenvalue weighted by Crippen LogP contribution is 2.59. The monoisotopic (exact) mass is 707 g/mol. The van der Waals surface area contributed by atoms with Crippen LogP contribution >= 0.6 is 0 Å². The Morgan fingerprint density at radius 2 is 1.04 bits per heavy atom. The first-order chi connectivity index (χ1) is 27.0. The third-order valence-electron chi connectivity index (χ3n) is 11.2. The quantitative estimate of drug-likeness (QED) is 0.170. The van der Waals surface area contributed by atoms with Gasteiger partial charge in [-0.05, 0) is 62.0 Å². The van der Waals surface area contributed by atoms with E-state index >= 15 is 0 Å². The van der Waals surface area contributed by atoms with Crippen LogP contribution in [-0.4, -0.2) is 15.0 Å². The molecule has 0 N–H and O–H groups in total. The minimum Gasteiger partial charge on any atom is -0.449 e. The first kappa shape index (κ1) is 31.4. The predicted molar refractivity (Wildman–Crippen MR) is 221 cm³/mol. The van der Waals surface area contributed by atoms with Gasteiger partial charge >= 0.3 is 0 Å². The minimum absolute atomic E-state index is 0.144. The van der Waals surface area contributed by atoms with Crippen molar-refractivity contribution in [2.24, 2.45) is 0 Å². The first-order valence-electron chi connectivity index (χ1n) is 18.6. The topological polar surface area (TPSA) is 57.1 Å². The van der Waals surface area contributed by atoms with Crippen LogP contribution < -0.4 is 9.47 Å². The molecule has 11 rings (SSSR count). The average Bonchev–Trinajstić information content (AvgIpc) is 3.48. The summed E-state index contributed by atoms with van der Waals surface area (Å²) in [5.41, 5.74) is 9.19. The molecule has 1 aromatic heterocycles. The molecule has 0 saturated carbocycles. The van der Waals surface area contributed by atoms with E-state index in [0.29, 0.717) is 34.7 Å². The maximum Gasteiger partial charge on any atom is 0.178 e. The highest BCUT2D eigenvalue weighted by Gasteiger charge is 2.40. The molecule has 260 valence electrons. The van der Waals surface area contributed by atoms with Crippen LogP contribution in [0.3, 0.4) is 0 Å². The van der Waals surface area contributed by atoms with E-state index in [1.54, 1.807) is 0 Å². The van der Waals surface area contributed by atoms with Crippen LogP contribution in [0.25, 0.3) is 78.0 Å². The summed E-state index contributed by atoms with van der Waals surface area (Å²) in [5.74, 6) is 4.56. The zero-order valence-corrected chi connectivity index (χ0v) is 30.2. The lowest BCUT2D eigenvalue weighted by Gasteiger charge is -2.26. The van der Waals surface area contributed by atoms with Crippen molar-refractivity contribution in [2.45, 2.75) is 19.3 Å². The summed E-state index contributed by atoms with van der Waals surface area (Å²) in [5, 5.41) is 4.76. The first-order valence-corrected chi connectivity index (χ1v) is 18.6. The van der Waals surface area contributed by atoms with E-state index in [9.17, 15) is 0 Å². The summed E-state index contributed by atoms with van der Waals surface area (Å²) in [4.78, 5) is 15.4. The molecule has 55 heavy (non-hydrogen) atoms. The van der Waals surface area contributed by atoms with Crippen molar-refractivity contribution >= 4 is 21.5 Å². The normalized spacial score (nSPS) is 13.3. The standard InChI is InChI=1S/C50H33N3O2/c1-50(2)40-21-11-10-19-39(40)44-41(50)27-28-43-46(44)55-42-22-12-20-37(45(42)54-43)36-17-8-9-18-38(36)49-52-47(31-14-4-3-5-15-31)51-48(53-49)33-25-26-35-32(29-33)24-23-30-13-6-7-16-34(30)35/h3-29H,1-2H3. The summed E-state index contributed by atoms with van der Waals surface area (Å²) in [6, 6.07) is 56.5. The molecule has 2 aliphatic rings. The van der Waals surface area contributed by atoms with Crippen molar-refractivity contribution in [1.82, 2.24) is 15.0 Å². The van der Waals surface area contributed by atoms with Gasteiger partial charge in [0.1, 0.15) is 0 Å². The Labute approximate surface area is 318 Å². The fourth-order valence-corrected chi connectivity index (χ4v) is 8.47. The number of ether oxygens (including phenoxy) is 2. The van der Waals surface area contributed by atoms with Crippen molar-refractivity contribution < 1.29 is 9.47 Å². The van der Waals surface area contributed by atoms with Gasteiger partial charge in [0.05, 0.1) is 0 Å².